The monoisotopic (exact) mass is 456 g/mol. The lowest BCUT2D eigenvalue weighted by Crippen LogP contribution is -2.28. The van der Waals surface area contributed by atoms with Crippen LogP contribution in [-0.4, -0.2) is 43.8 Å². The molecular formula is C22H19ClF2N6O. The average molecular weight is 457 g/mol. The highest BCUT2D eigenvalue weighted by atomic mass is 35.5. The van der Waals surface area contributed by atoms with E-state index in [0.717, 1.165) is 18.4 Å². The standard InChI is InChI=1S/C22H19ClF2N6O/c23-16-3-1-15(2-4-16)22(24,25)20-30-29-19-13-14(6-10-31(19)20)18-5-9-26-21(28-18)27-17-7-11-32-12-8-17/h1-6,9-10,13,17H,7-8,11-12H2,(H,26,27,28). The van der Waals surface area contributed by atoms with Gasteiger partial charge in [-0.3, -0.25) is 4.40 Å². The Kier molecular flexibility index (Phi) is 5.44. The number of ether oxygens (including phenoxy) is 1. The first-order valence-corrected chi connectivity index (χ1v) is 10.6. The minimum atomic E-state index is -3.33. The molecule has 1 aromatic carbocycles. The Hall–Kier alpha value is -3.17. The van der Waals surface area contributed by atoms with E-state index in [1.165, 1.54) is 34.9 Å². The average Bonchev–Trinajstić information content (AvgIpc) is 3.24. The van der Waals surface area contributed by atoms with E-state index in [-0.39, 0.29) is 11.6 Å². The van der Waals surface area contributed by atoms with Crippen molar-refractivity contribution in [2.75, 3.05) is 18.5 Å². The summed E-state index contributed by atoms with van der Waals surface area (Å²) in [5.41, 5.74) is 1.47. The van der Waals surface area contributed by atoms with Gasteiger partial charge < -0.3 is 10.1 Å². The minimum Gasteiger partial charge on any atom is -0.381 e. The van der Waals surface area contributed by atoms with Crippen molar-refractivity contribution in [3.05, 3.63) is 71.3 Å². The molecule has 0 aliphatic carbocycles. The van der Waals surface area contributed by atoms with Crippen LogP contribution in [-0.2, 0) is 10.7 Å². The Labute approximate surface area is 187 Å². The summed E-state index contributed by atoms with van der Waals surface area (Å²) in [6, 6.07) is 10.8. The van der Waals surface area contributed by atoms with E-state index in [9.17, 15) is 0 Å². The fourth-order valence-corrected chi connectivity index (χ4v) is 3.79. The molecule has 1 aliphatic rings. The molecule has 1 saturated heterocycles. The van der Waals surface area contributed by atoms with Crippen molar-refractivity contribution < 1.29 is 13.5 Å². The lowest BCUT2D eigenvalue weighted by molar-refractivity contribution is 0.0317. The van der Waals surface area contributed by atoms with Crippen LogP contribution in [0.3, 0.4) is 0 Å². The van der Waals surface area contributed by atoms with E-state index >= 15 is 8.78 Å². The molecule has 0 spiro atoms. The van der Waals surface area contributed by atoms with Crippen LogP contribution in [0, 0.1) is 0 Å². The minimum absolute atomic E-state index is 0.208. The fraction of sp³-hybridized carbons (Fsp3) is 0.273. The summed E-state index contributed by atoms with van der Waals surface area (Å²) in [6.45, 7) is 1.42. The zero-order valence-electron chi connectivity index (χ0n) is 16.9. The zero-order valence-corrected chi connectivity index (χ0v) is 17.6. The largest absolute Gasteiger partial charge is 0.381 e. The van der Waals surface area contributed by atoms with Crippen LogP contribution in [0.1, 0.15) is 24.2 Å². The predicted octanol–water partition coefficient (Wildman–Crippen LogP) is 4.57. The first kappa shape index (κ1) is 20.7. The molecule has 0 atom stereocenters. The van der Waals surface area contributed by atoms with Crippen LogP contribution in [0.15, 0.2) is 54.9 Å². The molecule has 32 heavy (non-hydrogen) atoms. The van der Waals surface area contributed by atoms with E-state index in [4.69, 9.17) is 16.3 Å². The van der Waals surface area contributed by atoms with Gasteiger partial charge in [0.05, 0.1) is 5.69 Å². The first-order chi connectivity index (χ1) is 15.5. The van der Waals surface area contributed by atoms with Gasteiger partial charge in [-0.25, -0.2) is 9.97 Å². The normalized spacial score (nSPS) is 15.2. The highest BCUT2D eigenvalue weighted by Crippen LogP contribution is 2.35. The summed E-state index contributed by atoms with van der Waals surface area (Å²) >= 11 is 5.82. The smallest absolute Gasteiger partial charge is 0.332 e. The van der Waals surface area contributed by atoms with Crippen LogP contribution < -0.4 is 5.32 Å². The van der Waals surface area contributed by atoms with Crippen molar-refractivity contribution >= 4 is 23.2 Å². The lowest BCUT2D eigenvalue weighted by atomic mass is 10.1. The molecule has 7 nitrogen and oxygen atoms in total. The van der Waals surface area contributed by atoms with Gasteiger partial charge in [0.15, 0.2) is 5.65 Å². The van der Waals surface area contributed by atoms with E-state index in [0.29, 0.717) is 35.5 Å². The third-order valence-corrected chi connectivity index (χ3v) is 5.66. The number of aromatic nitrogens is 5. The van der Waals surface area contributed by atoms with Crippen molar-refractivity contribution in [2.45, 2.75) is 24.8 Å². The molecule has 1 N–H and O–H groups in total. The molecule has 4 aromatic rings. The Balaban J connectivity index is 1.44. The highest BCUT2D eigenvalue weighted by molar-refractivity contribution is 6.30. The van der Waals surface area contributed by atoms with Crippen molar-refractivity contribution in [3.63, 3.8) is 0 Å². The van der Waals surface area contributed by atoms with Crippen LogP contribution in [0.2, 0.25) is 5.02 Å². The highest BCUT2D eigenvalue weighted by Gasteiger charge is 2.39. The number of nitrogens with zero attached hydrogens (tertiary/aromatic N) is 5. The summed E-state index contributed by atoms with van der Waals surface area (Å²) in [6.07, 6.45) is 4.98. The third-order valence-electron chi connectivity index (χ3n) is 5.40. The summed E-state index contributed by atoms with van der Waals surface area (Å²) in [7, 11) is 0. The molecule has 0 saturated carbocycles. The molecular weight excluding hydrogens is 438 g/mol. The quantitative estimate of drug-likeness (QED) is 0.474. The Bertz CT molecular complexity index is 1240. The van der Waals surface area contributed by atoms with Gasteiger partial charge in [0.25, 0.3) is 0 Å². The number of pyridine rings is 1. The number of fused-ring (bicyclic) bond motifs is 1. The molecule has 0 radical (unpaired) electrons. The van der Waals surface area contributed by atoms with Gasteiger partial charge in [-0.05, 0) is 43.2 Å². The van der Waals surface area contributed by atoms with Crippen molar-refractivity contribution in [1.29, 1.82) is 0 Å². The van der Waals surface area contributed by atoms with Crippen LogP contribution in [0.4, 0.5) is 14.7 Å². The fourth-order valence-electron chi connectivity index (χ4n) is 3.67. The molecule has 1 aliphatic heterocycles. The first-order valence-electron chi connectivity index (χ1n) is 10.2. The van der Waals surface area contributed by atoms with Crippen molar-refractivity contribution in [1.82, 2.24) is 24.6 Å². The van der Waals surface area contributed by atoms with Gasteiger partial charge in [-0.15, -0.1) is 10.2 Å². The lowest BCUT2D eigenvalue weighted by Gasteiger charge is -2.23. The number of nitrogens with one attached hydrogen (secondary N) is 1. The number of rotatable bonds is 5. The maximum Gasteiger partial charge on any atom is 0.332 e. The summed E-state index contributed by atoms with van der Waals surface area (Å²) in [4.78, 5) is 8.87. The molecule has 5 rings (SSSR count). The van der Waals surface area contributed by atoms with Crippen molar-refractivity contribution in [3.8, 4) is 11.3 Å². The van der Waals surface area contributed by atoms with Crippen LogP contribution in [0.25, 0.3) is 16.9 Å². The van der Waals surface area contributed by atoms with Crippen molar-refractivity contribution in [2.24, 2.45) is 0 Å². The van der Waals surface area contributed by atoms with E-state index in [1.807, 2.05) is 0 Å². The number of benzene rings is 1. The van der Waals surface area contributed by atoms with Gasteiger partial charge in [0.2, 0.25) is 11.8 Å². The Morgan fingerprint density at radius 3 is 2.62 bits per heavy atom. The number of anilines is 1. The number of hydrogen-bond donors (Lipinski definition) is 1. The van der Waals surface area contributed by atoms with Gasteiger partial charge in [0.1, 0.15) is 0 Å². The van der Waals surface area contributed by atoms with Crippen LogP contribution in [0.5, 0.6) is 0 Å². The molecule has 3 aromatic heterocycles. The third kappa shape index (κ3) is 4.01. The number of halogens is 3. The van der Waals surface area contributed by atoms with Gasteiger partial charge >= 0.3 is 5.92 Å². The maximum absolute atomic E-state index is 15.1. The zero-order chi connectivity index (χ0) is 22.1. The second-order valence-electron chi connectivity index (χ2n) is 7.54. The molecule has 0 amide bonds. The predicted molar refractivity (Wildman–Crippen MR) is 116 cm³/mol. The topological polar surface area (TPSA) is 77.2 Å². The van der Waals surface area contributed by atoms with Gasteiger partial charge in [-0.2, -0.15) is 8.78 Å². The Morgan fingerprint density at radius 2 is 1.84 bits per heavy atom. The van der Waals surface area contributed by atoms with Gasteiger partial charge in [-0.1, -0.05) is 23.7 Å². The maximum atomic E-state index is 15.1. The SMILES string of the molecule is FC(F)(c1ccc(Cl)cc1)c1nnc2cc(-c3ccnc(NC4CCOCC4)n3)ccn12. The molecule has 10 heteroatoms. The van der Waals surface area contributed by atoms with Crippen LogP contribution >= 0.6 is 11.6 Å². The Morgan fingerprint density at radius 1 is 1.06 bits per heavy atom. The van der Waals surface area contributed by atoms with E-state index in [1.54, 1.807) is 24.4 Å². The number of hydrogen-bond acceptors (Lipinski definition) is 6. The van der Waals surface area contributed by atoms with E-state index in [2.05, 4.69) is 25.5 Å². The molecule has 4 heterocycles. The molecule has 164 valence electrons. The summed E-state index contributed by atoms with van der Waals surface area (Å²) in [5.74, 6) is -3.28. The molecule has 1 fully saturated rings. The second-order valence-corrected chi connectivity index (χ2v) is 7.98. The second kappa shape index (κ2) is 8.40. The van der Waals surface area contributed by atoms with Gasteiger partial charge in [0, 0.05) is 47.8 Å². The summed E-state index contributed by atoms with van der Waals surface area (Å²) in [5, 5.41) is 11.4. The molecule has 0 unspecified atom stereocenters. The summed E-state index contributed by atoms with van der Waals surface area (Å²) < 4.78 is 36.8. The number of alkyl halides is 2. The molecule has 0 bridgehead atoms. The van der Waals surface area contributed by atoms with E-state index < -0.39 is 11.7 Å².